The molecule has 0 aliphatic carbocycles. The maximum atomic E-state index is 12.4. The van der Waals surface area contributed by atoms with Crippen molar-refractivity contribution in [3.8, 4) is 0 Å². The van der Waals surface area contributed by atoms with E-state index in [1.54, 1.807) is 0 Å². The highest BCUT2D eigenvalue weighted by atomic mass is 16.5. The fourth-order valence-electron chi connectivity index (χ4n) is 4.65. The summed E-state index contributed by atoms with van der Waals surface area (Å²) < 4.78 is 11.2. The minimum Gasteiger partial charge on any atom is -0.376 e. The van der Waals surface area contributed by atoms with Gasteiger partial charge in [0.05, 0.1) is 12.6 Å². The van der Waals surface area contributed by atoms with Gasteiger partial charge in [-0.2, -0.15) is 4.98 Å². The number of ether oxygens (including phenoxy) is 1. The Hall–Kier alpha value is -1.47. The lowest BCUT2D eigenvalue weighted by atomic mass is 9.72. The van der Waals surface area contributed by atoms with Gasteiger partial charge in [0.2, 0.25) is 11.8 Å². The lowest BCUT2D eigenvalue weighted by molar-refractivity contribution is -0.141. The number of likely N-dealkylation sites (tertiary alicyclic amines) is 2. The molecule has 0 radical (unpaired) electrons. The number of hydrogen-bond donors (Lipinski definition) is 0. The van der Waals surface area contributed by atoms with Crippen molar-refractivity contribution in [2.75, 3.05) is 32.8 Å². The normalized spacial score (nSPS) is 26.4. The molecule has 1 atom stereocenters. The number of piperidine rings is 2. The van der Waals surface area contributed by atoms with Gasteiger partial charge in [-0.15, -0.1) is 0 Å². The molecule has 3 aliphatic rings. The van der Waals surface area contributed by atoms with Crippen molar-refractivity contribution in [2.45, 2.75) is 70.9 Å². The zero-order valence-corrected chi connectivity index (χ0v) is 16.7. The molecule has 0 saturated carbocycles. The molecule has 1 spiro atoms. The van der Waals surface area contributed by atoms with Crippen LogP contribution in [0.4, 0.5) is 0 Å². The van der Waals surface area contributed by atoms with Gasteiger partial charge in [0, 0.05) is 32.0 Å². The molecular formula is C20H32N4O3. The number of carbonyl (C=O) groups is 1. The average Bonchev–Trinajstić information content (AvgIpc) is 3.33. The molecule has 0 unspecified atom stereocenters. The van der Waals surface area contributed by atoms with Crippen LogP contribution in [0.15, 0.2) is 4.52 Å². The summed E-state index contributed by atoms with van der Waals surface area (Å²) in [5, 5.41) is 4.06. The molecule has 0 N–H and O–H groups in total. The number of carbonyl (C=O) groups excluding carboxylic acids is 1. The Kier molecular flexibility index (Phi) is 5.50. The smallest absolute Gasteiger partial charge is 0.240 e. The lowest BCUT2D eigenvalue weighted by Gasteiger charge is -2.47. The predicted molar refractivity (Wildman–Crippen MR) is 100 cm³/mol. The first-order chi connectivity index (χ1) is 13.0. The van der Waals surface area contributed by atoms with Crippen molar-refractivity contribution in [3.05, 3.63) is 11.7 Å². The van der Waals surface area contributed by atoms with Crippen molar-refractivity contribution >= 4 is 5.91 Å². The number of nitrogens with zero attached hydrogens (tertiary/aromatic N) is 4. The number of aromatic nitrogens is 2. The van der Waals surface area contributed by atoms with Crippen LogP contribution in [0.5, 0.6) is 0 Å². The monoisotopic (exact) mass is 376 g/mol. The molecule has 0 aromatic carbocycles. The molecule has 7 heteroatoms. The first-order valence-corrected chi connectivity index (χ1v) is 10.5. The molecule has 1 aromatic heterocycles. The van der Waals surface area contributed by atoms with E-state index in [1.807, 2.05) is 0 Å². The maximum absolute atomic E-state index is 12.4. The largest absolute Gasteiger partial charge is 0.376 e. The SMILES string of the molecule is CC(C)c1noc(CN2CCC3(CCC(=O)N(C[C@@H]4CCCO4)C3)CC2)n1. The second kappa shape index (κ2) is 7.87. The highest BCUT2D eigenvalue weighted by molar-refractivity contribution is 5.77. The van der Waals surface area contributed by atoms with Gasteiger partial charge < -0.3 is 14.2 Å². The van der Waals surface area contributed by atoms with E-state index in [-0.39, 0.29) is 11.5 Å². The third-order valence-corrected chi connectivity index (χ3v) is 6.47. The average molecular weight is 377 g/mol. The molecule has 1 aromatic rings. The van der Waals surface area contributed by atoms with Crippen LogP contribution in [-0.2, 0) is 16.1 Å². The molecule has 1 amide bonds. The number of rotatable bonds is 5. The van der Waals surface area contributed by atoms with Gasteiger partial charge in [0.1, 0.15) is 0 Å². The minimum atomic E-state index is 0.247. The Morgan fingerprint density at radius 2 is 2.07 bits per heavy atom. The van der Waals surface area contributed by atoms with Crippen LogP contribution in [0.25, 0.3) is 0 Å². The van der Waals surface area contributed by atoms with E-state index in [2.05, 4.69) is 33.8 Å². The van der Waals surface area contributed by atoms with Crippen LogP contribution in [0.3, 0.4) is 0 Å². The molecule has 4 heterocycles. The molecule has 150 valence electrons. The minimum absolute atomic E-state index is 0.247. The summed E-state index contributed by atoms with van der Waals surface area (Å²) in [6, 6.07) is 0. The van der Waals surface area contributed by atoms with Crippen LogP contribution in [-0.4, -0.2) is 64.7 Å². The van der Waals surface area contributed by atoms with Crippen molar-refractivity contribution in [1.82, 2.24) is 19.9 Å². The van der Waals surface area contributed by atoms with Crippen LogP contribution in [0.1, 0.15) is 70.0 Å². The molecule has 3 fully saturated rings. The molecule has 0 bridgehead atoms. The van der Waals surface area contributed by atoms with Crippen molar-refractivity contribution in [2.24, 2.45) is 5.41 Å². The topological polar surface area (TPSA) is 71.7 Å². The van der Waals surface area contributed by atoms with Crippen LogP contribution < -0.4 is 0 Å². The highest BCUT2D eigenvalue weighted by Crippen LogP contribution is 2.40. The number of amides is 1. The fraction of sp³-hybridized carbons (Fsp3) is 0.850. The molecule has 4 rings (SSSR count). The van der Waals surface area contributed by atoms with E-state index in [0.29, 0.717) is 24.1 Å². The van der Waals surface area contributed by atoms with Crippen molar-refractivity contribution < 1.29 is 14.1 Å². The summed E-state index contributed by atoms with van der Waals surface area (Å²) >= 11 is 0. The van der Waals surface area contributed by atoms with Crippen molar-refractivity contribution in [3.63, 3.8) is 0 Å². The number of hydrogen-bond acceptors (Lipinski definition) is 6. The van der Waals surface area contributed by atoms with Crippen molar-refractivity contribution in [1.29, 1.82) is 0 Å². The van der Waals surface area contributed by atoms with E-state index >= 15 is 0 Å². The second-order valence-corrected chi connectivity index (χ2v) is 8.89. The lowest BCUT2D eigenvalue weighted by Crippen LogP contribution is -2.52. The standard InChI is InChI=1S/C20H32N4O3/c1-15(2)19-21-17(27-22-19)13-23-9-7-20(8-10-23)6-5-18(25)24(14-20)12-16-4-3-11-26-16/h15-16H,3-14H2,1-2H3/t16-/m0/s1. The van der Waals surface area contributed by atoms with Gasteiger partial charge in [-0.25, -0.2) is 0 Å². The molecular weight excluding hydrogens is 344 g/mol. The van der Waals surface area contributed by atoms with Gasteiger partial charge in [0.15, 0.2) is 5.82 Å². The Labute approximate surface area is 161 Å². The first kappa shape index (κ1) is 18.9. The molecule has 27 heavy (non-hydrogen) atoms. The summed E-state index contributed by atoms with van der Waals surface area (Å²) in [5.74, 6) is 2.11. The second-order valence-electron chi connectivity index (χ2n) is 8.89. The summed E-state index contributed by atoms with van der Waals surface area (Å²) in [5.41, 5.74) is 0.279. The Bertz CT molecular complexity index is 645. The predicted octanol–water partition coefficient (Wildman–Crippen LogP) is 2.58. The molecule has 3 aliphatic heterocycles. The van der Waals surface area contributed by atoms with Gasteiger partial charge in [0.25, 0.3) is 0 Å². The molecule has 7 nitrogen and oxygen atoms in total. The van der Waals surface area contributed by atoms with E-state index in [9.17, 15) is 4.79 Å². The van der Waals surface area contributed by atoms with Crippen LogP contribution in [0.2, 0.25) is 0 Å². The zero-order chi connectivity index (χ0) is 18.9. The summed E-state index contributed by atoms with van der Waals surface area (Å²) in [4.78, 5) is 21.4. The van der Waals surface area contributed by atoms with Gasteiger partial charge in [-0.1, -0.05) is 19.0 Å². The van der Waals surface area contributed by atoms with E-state index < -0.39 is 0 Å². The summed E-state index contributed by atoms with van der Waals surface area (Å²) in [6.07, 6.45) is 6.44. The third kappa shape index (κ3) is 4.35. The molecule has 3 saturated heterocycles. The first-order valence-electron chi connectivity index (χ1n) is 10.5. The quantitative estimate of drug-likeness (QED) is 0.787. The van der Waals surface area contributed by atoms with Crippen LogP contribution in [0, 0.1) is 5.41 Å². The highest BCUT2D eigenvalue weighted by Gasteiger charge is 2.41. The van der Waals surface area contributed by atoms with Gasteiger partial charge in [-0.05, 0) is 50.6 Å². The van der Waals surface area contributed by atoms with Gasteiger partial charge >= 0.3 is 0 Å². The Morgan fingerprint density at radius 3 is 2.74 bits per heavy atom. The maximum Gasteiger partial charge on any atom is 0.240 e. The summed E-state index contributed by atoms with van der Waals surface area (Å²) in [6.45, 7) is 9.47. The third-order valence-electron chi connectivity index (χ3n) is 6.47. The van der Waals surface area contributed by atoms with E-state index in [0.717, 1.165) is 77.3 Å². The van der Waals surface area contributed by atoms with Gasteiger partial charge in [-0.3, -0.25) is 9.69 Å². The van der Waals surface area contributed by atoms with E-state index in [1.165, 1.54) is 0 Å². The Balaban J connectivity index is 1.31. The van der Waals surface area contributed by atoms with Crippen LogP contribution >= 0.6 is 0 Å². The zero-order valence-electron chi connectivity index (χ0n) is 16.7. The fourth-order valence-corrected chi connectivity index (χ4v) is 4.65. The summed E-state index contributed by atoms with van der Waals surface area (Å²) in [7, 11) is 0. The Morgan fingerprint density at radius 1 is 1.26 bits per heavy atom. The van der Waals surface area contributed by atoms with E-state index in [4.69, 9.17) is 9.26 Å².